The molecule has 1 aliphatic heterocycles. The summed E-state index contributed by atoms with van der Waals surface area (Å²) in [7, 11) is -1.34. The Morgan fingerprint density at radius 3 is 1.71 bits per heavy atom. The molecule has 8 atom stereocenters. The average Bonchev–Trinajstić information content (AvgIpc) is 2.85. The number of hydrogen-bond acceptors (Lipinski definition) is 14. The Kier molecular flexibility index (Phi) is 37.5. The molecule has 0 bridgehead atoms. The molecular weight excluding hydrogens is 602 g/mol. The first-order valence-corrected chi connectivity index (χ1v) is 14.6. The smallest absolute Gasteiger partial charge is 0.748 e. The summed E-state index contributed by atoms with van der Waals surface area (Å²) in [5.74, 6) is -1.79. The van der Waals surface area contributed by atoms with Crippen LogP contribution in [0, 0.1) is 5.92 Å². The molecule has 0 aliphatic carbocycles. The molecule has 3 N–H and O–H groups in total. The second-order valence-corrected chi connectivity index (χ2v) is 10.6. The molecule has 0 aromatic heterocycles. The normalized spacial score (nSPS) is 23.2. The van der Waals surface area contributed by atoms with Crippen LogP contribution in [0.2, 0.25) is 0 Å². The molecule has 14 nitrogen and oxygen atoms in total. The van der Waals surface area contributed by atoms with Gasteiger partial charge in [-0.1, -0.05) is 34.1 Å². The number of carboxylic acids is 1. The van der Waals surface area contributed by atoms with E-state index in [1.165, 1.54) is 21.1 Å². The van der Waals surface area contributed by atoms with Crippen LogP contribution in [-0.2, 0) is 43.4 Å². The molecular formula is C25H50Na2O14S. The van der Waals surface area contributed by atoms with Crippen molar-refractivity contribution in [2.24, 2.45) is 5.92 Å². The fourth-order valence-corrected chi connectivity index (χ4v) is 3.55. The van der Waals surface area contributed by atoms with Gasteiger partial charge in [0.25, 0.3) is 0 Å². The summed E-state index contributed by atoms with van der Waals surface area (Å²) in [4.78, 5) is 20.4. The minimum Gasteiger partial charge on any atom is -0.748 e. The molecule has 0 amide bonds. The van der Waals surface area contributed by atoms with Crippen LogP contribution in [0.1, 0.15) is 67.7 Å². The van der Waals surface area contributed by atoms with E-state index in [-0.39, 0.29) is 95.6 Å². The summed E-state index contributed by atoms with van der Waals surface area (Å²) in [5, 5.41) is 38.0. The fraction of sp³-hybridized carbons (Fsp3) is 0.920. The number of hydrogen-bond donors (Lipinski definition) is 3. The topological polar surface area (TPSA) is 221 Å². The van der Waals surface area contributed by atoms with E-state index < -0.39 is 53.4 Å². The Labute approximate surface area is 295 Å². The Balaban J connectivity index is -0.000000161. The quantitative estimate of drug-likeness (QED) is 0.101. The molecule has 5 unspecified atom stereocenters. The molecule has 1 saturated heterocycles. The minimum atomic E-state index is -3.99. The van der Waals surface area contributed by atoms with Gasteiger partial charge in [-0.15, -0.1) is 0 Å². The first-order valence-electron chi connectivity index (χ1n) is 13.0. The number of carbonyl (C=O) groups excluding carboxylic acids is 2. The van der Waals surface area contributed by atoms with Gasteiger partial charge in [0, 0.05) is 26.9 Å². The van der Waals surface area contributed by atoms with Crippen molar-refractivity contribution in [2.45, 2.75) is 111 Å². The third kappa shape index (κ3) is 30.6. The van der Waals surface area contributed by atoms with E-state index in [0.717, 1.165) is 19.3 Å². The molecule has 42 heavy (non-hydrogen) atoms. The molecule has 0 saturated carbocycles. The van der Waals surface area contributed by atoms with Crippen molar-refractivity contribution < 1.29 is 126 Å². The van der Waals surface area contributed by atoms with Crippen molar-refractivity contribution in [3.05, 3.63) is 0 Å². The van der Waals surface area contributed by atoms with Crippen molar-refractivity contribution in [3.63, 3.8) is 0 Å². The second-order valence-electron chi connectivity index (χ2n) is 9.17. The van der Waals surface area contributed by atoms with Gasteiger partial charge in [0.2, 0.25) is 0 Å². The van der Waals surface area contributed by atoms with Crippen molar-refractivity contribution in [2.75, 3.05) is 33.2 Å². The maximum Gasteiger partial charge on any atom is 1.00 e. The summed E-state index contributed by atoms with van der Waals surface area (Å²) in [5.41, 5.74) is 0. The largest absolute Gasteiger partial charge is 1.00 e. The van der Waals surface area contributed by atoms with E-state index in [1.54, 1.807) is 13.8 Å². The number of aliphatic hydroxyl groups excluding tert-OH is 3. The van der Waals surface area contributed by atoms with E-state index in [1.807, 2.05) is 27.7 Å². The molecule has 1 aliphatic rings. The van der Waals surface area contributed by atoms with Gasteiger partial charge in [-0.05, 0) is 32.6 Å². The van der Waals surface area contributed by atoms with Gasteiger partial charge in [0.05, 0.1) is 41.5 Å². The van der Waals surface area contributed by atoms with Gasteiger partial charge >= 0.3 is 65.1 Å². The standard InChI is InChI=1S/C10H18O8.C6H12O2.C5H12O3S.C4H10O.2Na/c1-15-9-5(3-17-4-6(11)12)18-10(16-2)8(14)7(9)13;1-4-5(2)8-6(3)7;1-3-5(2)4-9(6,7)8;1-3-4(2)5;;/h5,7-10,13-14H,3-4H2,1-2H3,(H,11,12);5H,4H2,1-3H3;5H,3-4H2,1-2H3,(H,6,7,8);4-5H,3H2,1-2H3;;/q;;;;2*+1/p-2/t5?,7-,8?,9+,10-;;;;;/m0...../s1. The van der Waals surface area contributed by atoms with Crippen molar-refractivity contribution >= 4 is 22.1 Å². The molecule has 17 heteroatoms. The van der Waals surface area contributed by atoms with Crippen LogP contribution < -0.4 is 64.2 Å². The van der Waals surface area contributed by atoms with Gasteiger partial charge < -0.3 is 53.5 Å². The van der Waals surface area contributed by atoms with Crippen LogP contribution in [0.4, 0.5) is 0 Å². The fourth-order valence-electron chi connectivity index (χ4n) is 2.62. The van der Waals surface area contributed by atoms with E-state index in [2.05, 4.69) is 0 Å². The molecule has 1 heterocycles. The van der Waals surface area contributed by atoms with Crippen LogP contribution in [0.15, 0.2) is 0 Å². The number of ether oxygens (including phenoxy) is 5. The number of aliphatic hydroxyl groups is 3. The molecule has 0 radical (unpaired) electrons. The molecule has 1 fully saturated rings. The van der Waals surface area contributed by atoms with E-state index in [9.17, 15) is 37.9 Å². The van der Waals surface area contributed by atoms with E-state index in [0.29, 0.717) is 0 Å². The number of esters is 1. The van der Waals surface area contributed by atoms with Gasteiger partial charge in [-0.2, -0.15) is 0 Å². The SMILES string of the molecule is CCC(C)CS(=O)(=O)[O-].CCC(C)O.CCC(C)OC(C)=O.CO[C@H]1OC(COCC(=O)[O-])[C@@H](OC)[C@@H](O)C1O.[Na+].[Na+]. The number of aliphatic carboxylic acids is 1. The number of carboxylic acid groups (broad SMARTS) is 1. The average molecular weight is 653 g/mol. The van der Waals surface area contributed by atoms with Gasteiger partial charge in [-0.3, -0.25) is 4.79 Å². The summed E-state index contributed by atoms with van der Waals surface area (Å²) in [6, 6.07) is 0. The summed E-state index contributed by atoms with van der Waals surface area (Å²) >= 11 is 0. The zero-order chi connectivity index (χ0) is 32.1. The van der Waals surface area contributed by atoms with Crippen molar-refractivity contribution in [3.8, 4) is 0 Å². The number of methoxy groups -OCH3 is 2. The van der Waals surface area contributed by atoms with Crippen molar-refractivity contribution in [1.82, 2.24) is 0 Å². The zero-order valence-corrected chi connectivity index (χ0v) is 31.9. The van der Waals surface area contributed by atoms with E-state index >= 15 is 0 Å². The number of rotatable bonds is 12. The Morgan fingerprint density at radius 2 is 1.45 bits per heavy atom. The van der Waals surface area contributed by atoms with Crippen LogP contribution >= 0.6 is 0 Å². The number of carbonyl (C=O) groups is 2. The first kappa shape index (κ1) is 52.1. The van der Waals surface area contributed by atoms with Crippen LogP contribution in [-0.4, -0.2) is 116 Å². The predicted octanol–water partition coefficient (Wildman–Crippen LogP) is -6.43. The Hall–Kier alpha value is 0.570. The molecule has 1 rings (SSSR count). The third-order valence-electron chi connectivity index (χ3n) is 5.37. The molecule has 0 aromatic rings. The maximum absolute atomic E-state index is 10.2. The van der Waals surface area contributed by atoms with Crippen molar-refractivity contribution in [1.29, 1.82) is 0 Å². The Bertz CT molecular complexity index is 757. The predicted molar refractivity (Wildman–Crippen MR) is 142 cm³/mol. The minimum absolute atomic E-state index is 0. The maximum atomic E-state index is 10.2. The summed E-state index contributed by atoms with van der Waals surface area (Å²) in [6.45, 7) is 11.9. The summed E-state index contributed by atoms with van der Waals surface area (Å²) in [6.07, 6.45) is -2.64. The van der Waals surface area contributed by atoms with Gasteiger partial charge in [0.15, 0.2) is 6.29 Å². The van der Waals surface area contributed by atoms with Gasteiger partial charge in [0.1, 0.15) is 24.4 Å². The zero-order valence-electron chi connectivity index (χ0n) is 27.1. The first-order chi connectivity index (χ1) is 18.4. The molecule has 0 aromatic carbocycles. The molecule has 242 valence electrons. The summed E-state index contributed by atoms with van der Waals surface area (Å²) < 4.78 is 54.9. The van der Waals surface area contributed by atoms with Gasteiger partial charge in [-0.25, -0.2) is 8.42 Å². The van der Waals surface area contributed by atoms with Crippen LogP contribution in [0.5, 0.6) is 0 Å². The molecule has 0 spiro atoms. The monoisotopic (exact) mass is 652 g/mol. The van der Waals surface area contributed by atoms with Crippen LogP contribution in [0.3, 0.4) is 0 Å². The Morgan fingerprint density at radius 1 is 0.952 bits per heavy atom. The third-order valence-corrected chi connectivity index (χ3v) is 6.34. The van der Waals surface area contributed by atoms with Crippen LogP contribution in [0.25, 0.3) is 0 Å². The second kappa shape index (κ2) is 30.2. The van der Waals surface area contributed by atoms with E-state index in [4.69, 9.17) is 28.8 Å².